The van der Waals surface area contributed by atoms with Crippen LogP contribution in [-0.2, 0) is 16.0 Å². The fourth-order valence-electron chi connectivity index (χ4n) is 2.81. The standard InChI is InChI=1S/C22H21N3O3S/c1-15-7-2-3-9-17(15)13-20(26)23-22(29)25-24-21(27)14-28-19-12-6-10-16-8-4-5-11-18(16)19/h2-12H,13-14H2,1H3,(H,24,27)(H2,23,25,26,29). The van der Waals surface area contributed by atoms with Crippen molar-refractivity contribution >= 4 is 39.9 Å². The van der Waals surface area contributed by atoms with Gasteiger partial charge in [-0.2, -0.15) is 0 Å². The Balaban J connectivity index is 1.43. The average Bonchev–Trinajstić information content (AvgIpc) is 2.72. The Labute approximate surface area is 174 Å². The molecule has 2 amide bonds. The van der Waals surface area contributed by atoms with Gasteiger partial charge in [0.05, 0.1) is 6.42 Å². The molecule has 0 bridgehead atoms. The molecule has 0 aliphatic rings. The number of benzene rings is 3. The smallest absolute Gasteiger partial charge is 0.276 e. The maximum atomic E-state index is 12.1. The predicted octanol–water partition coefficient (Wildman–Crippen LogP) is 2.79. The van der Waals surface area contributed by atoms with Gasteiger partial charge in [-0.05, 0) is 41.7 Å². The second-order valence-electron chi connectivity index (χ2n) is 6.42. The Kier molecular flexibility index (Phi) is 6.76. The van der Waals surface area contributed by atoms with Crippen molar-refractivity contribution in [3.63, 3.8) is 0 Å². The molecule has 3 aromatic carbocycles. The van der Waals surface area contributed by atoms with Gasteiger partial charge in [0.25, 0.3) is 5.91 Å². The van der Waals surface area contributed by atoms with E-state index in [2.05, 4.69) is 16.2 Å². The third kappa shape index (κ3) is 5.76. The van der Waals surface area contributed by atoms with Gasteiger partial charge in [0, 0.05) is 5.39 Å². The van der Waals surface area contributed by atoms with E-state index in [-0.39, 0.29) is 24.0 Å². The summed E-state index contributed by atoms with van der Waals surface area (Å²) in [6.07, 6.45) is 0.201. The number of amides is 2. The number of nitrogens with one attached hydrogen (secondary N) is 3. The van der Waals surface area contributed by atoms with Crippen molar-refractivity contribution in [2.45, 2.75) is 13.3 Å². The van der Waals surface area contributed by atoms with Crippen LogP contribution in [0.2, 0.25) is 0 Å². The van der Waals surface area contributed by atoms with E-state index in [0.717, 1.165) is 21.9 Å². The molecule has 7 heteroatoms. The third-order valence-electron chi connectivity index (χ3n) is 4.29. The van der Waals surface area contributed by atoms with Crippen LogP contribution >= 0.6 is 12.2 Å². The van der Waals surface area contributed by atoms with Crippen molar-refractivity contribution in [2.75, 3.05) is 6.61 Å². The number of rotatable bonds is 5. The zero-order valence-corrected chi connectivity index (χ0v) is 16.7. The molecule has 0 radical (unpaired) electrons. The van der Waals surface area contributed by atoms with Gasteiger partial charge in [-0.3, -0.25) is 20.4 Å². The molecule has 0 aromatic heterocycles. The van der Waals surface area contributed by atoms with Gasteiger partial charge in [-0.25, -0.2) is 0 Å². The summed E-state index contributed by atoms with van der Waals surface area (Å²) in [5, 5.41) is 4.51. The van der Waals surface area contributed by atoms with Gasteiger partial charge in [0.1, 0.15) is 5.75 Å². The Morgan fingerprint density at radius 2 is 1.62 bits per heavy atom. The number of thiocarbonyl (C=S) groups is 1. The van der Waals surface area contributed by atoms with Crippen LogP contribution in [-0.4, -0.2) is 23.5 Å². The molecule has 6 nitrogen and oxygen atoms in total. The summed E-state index contributed by atoms with van der Waals surface area (Å²) < 4.78 is 5.60. The topological polar surface area (TPSA) is 79.5 Å². The second-order valence-corrected chi connectivity index (χ2v) is 6.83. The lowest BCUT2D eigenvalue weighted by Crippen LogP contribution is -2.50. The Morgan fingerprint density at radius 1 is 0.897 bits per heavy atom. The van der Waals surface area contributed by atoms with E-state index in [1.807, 2.05) is 67.6 Å². The van der Waals surface area contributed by atoms with E-state index >= 15 is 0 Å². The summed E-state index contributed by atoms with van der Waals surface area (Å²) in [7, 11) is 0. The van der Waals surface area contributed by atoms with Crippen LogP contribution in [0, 0.1) is 6.92 Å². The molecule has 29 heavy (non-hydrogen) atoms. The zero-order valence-electron chi connectivity index (χ0n) is 15.9. The van der Waals surface area contributed by atoms with Crippen LogP contribution < -0.4 is 20.9 Å². The zero-order chi connectivity index (χ0) is 20.6. The van der Waals surface area contributed by atoms with Gasteiger partial charge in [-0.15, -0.1) is 0 Å². The molecule has 3 rings (SSSR count). The maximum Gasteiger partial charge on any atom is 0.276 e. The van der Waals surface area contributed by atoms with Gasteiger partial charge >= 0.3 is 0 Å². The highest BCUT2D eigenvalue weighted by molar-refractivity contribution is 7.80. The summed E-state index contributed by atoms with van der Waals surface area (Å²) in [6.45, 7) is 1.75. The molecule has 0 saturated heterocycles. The lowest BCUT2D eigenvalue weighted by atomic mass is 10.1. The second kappa shape index (κ2) is 9.66. The van der Waals surface area contributed by atoms with Crippen LogP contribution in [0.3, 0.4) is 0 Å². The van der Waals surface area contributed by atoms with Crippen LogP contribution in [0.25, 0.3) is 10.8 Å². The highest BCUT2D eigenvalue weighted by Gasteiger charge is 2.09. The molecule has 0 atom stereocenters. The van der Waals surface area contributed by atoms with E-state index in [1.54, 1.807) is 6.07 Å². The van der Waals surface area contributed by atoms with E-state index in [1.165, 1.54) is 0 Å². The molecule has 3 N–H and O–H groups in total. The number of carbonyl (C=O) groups excluding carboxylic acids is 2. The van der Waals surface area contributed by atoms with Crippen molar-refractivity contribution in [1.29, 1.82) is 0 Å². The van der Waals surface area contributed by atoms with Crippen LogP contribution in [0.15, 0.2) is 66.7 Å². The molecule has 148 valence electrons. The SMILES string of the molecule is Cc1ccccc1CC(=O)NC(=S)NNC(=O)COc1cccc2ccccc12. The van der Waals surface area contributed by atoms with Crippen molar-refractivity contribution in [2.24, 2.45) is 0 Å². The summed E-state index contributed by atoms with van der Waals surface area (Å²) in [5.74, 6) is -0.0705. The molecular weight excluding hydrogens is 386 g/mol. The number of hydrazine groups is 1. The monoisotopic (exact) mass is 407 g/mol. The van der Waals surface area contributed by atoms with E-state index in [0.29, 0.717) is 5.75 Å². The number of fused-ring (bicyclic) bond motifs is 1. The minimum atomic E-state index is -0.423. The summed E-state index contributed by atoms with van der Waals surface area (Å²) in [5.41, 5.74) is 6.86. The number of carbonyl (C=O) groups is 2. The lowest BCUT2D eigenvalue weighted by Gasteiger charge is -2.12. The van der Waals surface area contributed by atoms with Crippen LogP contribution in [0.4, 0.5) is 0 Å². The first-order valence-electron chi connectivity index (χ1n) is 9.06. The molecule has 0 fully saturated rings. The first kappa shape index (κ1) is 20.3. The van der Waals surface area contributed by atoms with Crippen molar-refractivity contribution < 1.29 is 14.3 Å². The van der Waals surface area contributed by atoms with Crippen LogP contribution in [0.1, 0.15) is 11.1 Å². The lowest BCUT2D eigenvalue weighted by molar-refractivity contribution is -0.124. The molecule has 0 aliphatic heterocycles. The average molecular weight is 407 g/mol. The first-order valence-corrected chi connectivity index (χ1v) is 9.47. The number of aryl methyl sites for hydroxylation is 1. The fourth-order valence-corrected chi connectivity index (χ4v) is 2.98. The maximum absolute atomic E-state index is 12.1. The van der Waals surface area contributed by atoms with Gasteiger partial charge in [0.2, 0.25) is 5.91 Å². The van der Waals surface area contributed by atoms with Crippen molar-refractivity contribution in [3.05, 3.63) is 77.9 Å². The van der Waals surface area contributed by atoms with Crippen molar-refractivity contribution in [3.8, 4) is 5.75 Å². The minimum Gasteiger partial charge on any atom is -0.483 e. The van der Waals surface area contributed by atoms with E-state index < -0.39 is 5.91 Å². The third-order valence-corrected chi connectivity index (χ3v) is 4.49. The van der Waals surface area contributed by atoms with Gasteiger partial charge < -0.3 is 10.1 Å². The number of ether oxygens (including phenoxy) is 1. The molecule has 0 unspecified atom stereocenters. The largest absolute Gasteiger partial charge is 0.483 e. The number of hydrogen-bond acceptors (Lipinski definition) is 4. The molecule has 0 saturated carbocycles. The Bertz CT molecular complexity index is 1050. The number of hydrogen-bond donors (Lipinski definition) is 3. The van der Waals surface area contributed by atoms with E-state index in [4.69, 9.17) is 17.0 Å². The summed E-state index contributed by atoms with van der Waals surface area (Å²) in [6, 6.07) is 21.0. The highest BCUT2D eigenvalue weighted by atomic mass is 32.1. The Morgan fingerprint density at radius 3 is 2.45 bits per heavy atom. The molecule has 0 spiro atoms. The van der Waals surface area contributed by atoms with Crippen molar-refractivity contribution in [1.82, 2.24) is 16.2 Å². The minimum absolute atomic E-state index is 0.0158. The van der Waals surface area contributed by atoms with E-state index in [9.17, 15) is 9.59 Å². The molecular formula is C22H21N3O3S. The Hall–Kier alpha value is -3.45. The molecule has 0 aliphatic carbocycles. The van der Waals surface area contributed by atoms with Crippen LogP contribution in [0.5, 0.6) is 5.75 Å². The van der Waals surface area contributed by atoms with Gasteiger partial charge in [0.15, 0.2) is 11.7 Å². The summed E-state index contributed by atoms with van der Waals surface area (Å²) >= 11 is 5.04. The highest BCUT2D eigenvalue weighted by Crippen LogP contribution is 2.24. The summed E-state index contributed by atoms with van der Waals surface area (Å²) in [4.78, 5) is 24.1. The first-order chi connectivity index (χ1) is 14.0. The fraction of sp³-hybridized carbons (Fsp3) is 0.136. The molecule has 0 heterocycles. The quantitative estimate of drug-likeness (QED) is 0.448. The normalized spacial score (nSPS) is 10.2. The predicted molar refractivity (Wildman–Crippen MR) is 116 cm³/mol. The molecule has 3 aromatic rings. The van der Waals surface area contributed by atoms with Gasteiger partial charge in [-0.1, -0.05) is 60.7 Å².